The van der Waals surface area contributed by atoms with E-state index in [4.69, 9.17) is 9.63 Å². The van der Waals surface area contributed by atoms with Crippen LogP contribution in [0.15, 0.2) is 47.0 Å². The summed E-state index contributed by atoms with van der Waals surface area (Å²) in [6.45, 7) is 0.511. The van der Waals surface area contributed by atoms with Crippen molar-refractivity contribution >= 4 is 16.7 Å². The summed E-state index contributed by atoms with van der Waals surface area (Å²) in [6.07, 6.45) is 0.624. The molecule has 4 rings (SSSR count). The van der Waals surface area contributed by atoms with Crippen LogP contribution in [0.4, 0.5) is 0 Å². The third-order valence-corrected chi connectivity index (χ3v) is 4.36. The molecule has 1 N–H and O–H groups in total. The lowest BCUT2D eigenvalue weighted by molar-refractivity contribution is -0.135. The van der Waals surface area contributed by atoms with Crippen LogP contribution >= 0.6 is 0 Å². The molecule has 1 amide bonds. The van der Waals surface area contributed by atoms with Crippen LogP contribution in [0.2, 0.25) is 0 Å². The number of carbonyl (C=O) groups is 1. The molecule has 5 nitrogen and oxygen atoms in total. The van der Waals surface area contributed by atoms with Gasteiger partial charge < -0.3 is 14.5 Å². The SMILES string of the molecule is O=C(CO)N1CCc2onc(-c3cccc4ccccc34)c2C1. The lowest BCUT2D eigenvalue weighted by Gasteiger charge is -2.25. The van der Waals surface area contributed by atoms with Gasteiger partial charge in [0.05, 0.1) is 6.54 Å². The number of rotatable bonds is 2. The van der Waals surface area contributed by atoms with Crippen LogP contribution in [-0.4, -0.2) is 34.2 Å². The minimum Gasteiger partial charge on any atom is -0.387 e. The molecule has 0 saturated carbocycles. The Morgan fingerprint density at radius 1 is 1.22 bits per heavy atom. The first-order valence-electron chi connectivity index (χ1n) is 7.62. The molecule has 0 bridgehead atoms. The molecule has 1 aromatic heterocycles. The number of hydrogen-bond donors (Lipinski definition) is 1. The summed E-state index contributed by atoms with van der Waals surface area (Å²) < 4.78 is 5.50. The van der Waals surface area contributed by atoms with Crippen molar-refractivity contribution in [3.8, 4) is 11.3 Å². The number of aliphatic hydroxyl groups excluding tert-OH is 1. The Hall–Kier alpha value is -2.66. The van der Waals surface area contributed by atoms with Gasteiger partial charge in [0.25, 0.3) is 0 Å². The van der Waals surface area contributed by atoms with Crippen molar-refractivity contribution in [1.82, 2.24) is 10.1 Å². The summed E-state index contributed by atoms with van der Waals surface area (Å²) in [5.74, 6) is 0.565. The van der Waals surface area contributed by atoms with Gasteiger partial charge in [-0.15, -0.1) is 0 Å². The molecular formula is C18H16N2O3. The van der Waals surface area contributed by atoms with Crippen LogP contribution in [0.5, 0.6) is 0 Å². The monoisotopic (exact) mass is 308 g/mol. The Bertz CT molecular complexity index is 880. The van der Waals surface area contributed by atoms with E-state index in [1.807, 2.05) is 24.3 Å². The third kappa shape index (κ3) is 2.29. The van der Waals surface area contributed by atoms with E-state index in [0.29, 0.717) is 19.5 Å². The van der Waals surface area contributed by atoms with Crippen LogP contribution in [0.1, 0.15) is 11.3 Å². The second-order valence-electron chi connectivity index (χ2n) is 5.68. The van der Waals surface area contributed by atoms with E-state index in [0.717, 1.165) is 33.4 Å². The highest BCUT2D eigenvalue weighted by molar-refractivity contribution is 5.96. The van der Waals surface area contributed by atoms with Crippen molar-refractivity contribution in [1.29, 1.82) is 0 Å². The fraction of sp³-hybridized carbons (Fsp3) is 0.222. The summed E-state index contributed by atoms with van der Waals surface area (Å²) in [6, 6.07) is 14.2. The Morgan fingerprint density at radius 2 is 2.04 bits per heavy atom. The van der Waals surface area contributed by atoms with E-state index in [9.17, 15) is 4.79 Å². The zero-order chi connectivity index (χ0) is 15.8. The van der Waals surface area contributed by atoms with Gasteiger partial charge in [0, 0.05) is 24.1 Å². The summed E-state index contributed by atoms with van der Waals surface area (Å²) in [4.78, 5) is 13.4. The Balaban J connectivity index is 1.82. The molecule has 23 heavy (non-hydrogen) atoms. The molecule has 3 aromatic rings. The number of hydrogen-bond acceptors (Lipinski definition) is 4. The maximum absolute atomic E-state index is 11.8. The summed E-state index contributed by atoms with van der Waals surface area (Å²) in [5, 5.41) is 15.6. The molecule has 0 fully saturated rings. The van der Waals surface area contributed by atoms with E-state index in [2.05, 4.69) is 23.4 Å². The highest BCUT2D eigenvalue weighted by atomic mass is 16.5. The molecule has 0 atom stereocenters. The molecule has 1 aliphatic rings. The summed E-state index contributed by atoms with van der Waals surface area (Å²) >= 11 is 0. The van der Waals surface area contributed by atoms with Gasteiger partial charge in [-0.25, -0.2) is 0 Å². The maximum Gasteiger partial charge on any atom is 0.248 e. The number of fused-ring (bicyclic) bond motifs is 2. The third-order valence-electron chi connectivity index (χ3n) is 4.36. The van der Waals surface area contributed by atoms with Gasteiger partial charge in [0.1, 0.15) is 18.1 Å². The first-order chi connectivity index (χ1) is 11.3. The average Bonchev–Trinajstić information content (AvgIpc) is 3.03. The Morgan fingerprint density at radius 3 is 2.91 bits per heavy atom. The van der Waals surface area contributed by atoms with Gasteiger partial charge in [-0.3, -0.25) is 4.79 Å². The van der Waals surface area contributed by atoms with Crippen LogP contribution in [0.3, 0.4) is 0 Å². The van der Waals surface area contributed by atoms with Gasteiger partial charge in [-0.1, -0.05) is 47.6 Å². The molecule has 2 aromatic carbocycles. The van der Waals surface area contributed by atoms with E-state index in [-0.39, 0.29) is 5.91 Å². The highest BCUT2D eigenvalue weighted by Crippen LogP contribution is 2.34. The fourth-order valence-electron chi connectivity index (χ4n) is 3.17. The molecule has 1 aliphatic heterocycles. The van der Waals surface area contributed by atoms with Crippen molar-refractivity contribution < 1.29 is 14.4 Å². The molecule has 0 aliphatic carbocycles. The predicted octanol–water partition coefficient (Wildman–Crippen LogP) is 2.37. The molecule has 0 spiro atoms. The van der Waals surface area contributed by atoms with Crippen molar-refractivity contribution in [2.45, 2.75) is 13.0 Å². The molecular weight excluding hydrogens is 292 g/mol. The van der Waals surface area contributed by atoms with Gasteiger partial charge in [-0.05, 0) is 10.8 Å². The second kappa shape index (κ2) is 5.52. The van der Waals surface area contributed by atoms with Gasteiger partial charge >= 0.3 is 0 Å². The summed E-state index contributed by atoms with van der Waals surface area (Å²) in [7, 11) is 0. The maximum atomic E-state index is 11.8. The predicted molar refractivity (Wildman–Crippen MR) is 85.7 cm³/mol. The van der Waals surface area contributed by atoms with E-state index in [1.165, 1.54) is 0 Å². The fourth-order valence-corrected chi connectivity index (χ4v) is 3.17. The normalized spacial score (nSPS) is 14.0. The highest BCUT2D eigenvalue weighted by Gasteiger charge is 2.27. The summed E-state index contributed by atoms with van der Waals surface area (Å²) in [5.41, 5.74) is 2.73. The van der Waals surface area contributed by atoms with Crippen LogP contribution in [-0.2, 0) is 17.8 Å². The largest absolute Gasteiger partial charge is 0.387 e. The van der Waals surface area contributed by atoms with Crippen molar-refractivity contribution in [3.05, 3.63) is 53.8 Å². The van der Waals surface area contributed by atoms with Crippen LogP contribution in [0.25, 0.3) is 22.0 Å². The average molecular weight is 308 g/mol. The second-order valence-corrected chi connectivity index (χ2v) is 5.68. The van der Waals surface area contributed by atoms with Crippen molar-refractivity contribution in [3.63, 3.8) is 0 Å². The van der Waals surface area contributed by atoms with Gasteiger partial charge in [-0.2, -0.15) is 0 Å². The van der Waals surface area contributed by atoms with Crippen LogP contribution in [0, 0.1) is 0 Å². The Labute approximate surface area is 133 Å². The molecule has 5 heteroatoms. The molecule has 0 unspecified atom stereocenters. The number of benzene rings is 2. The number of aromatic nitrogens is 1. The molecule has 0 radical (unpaired) electrons. The number of nitrogens with zero attached hydrogens (tertiary/aromatic N) is 2. The number of aliphatic hydroxyl groups is 1. The number of amides is 1. The quantitative estimate of drug-likeness (QED) is 0.789. The lowest BCUT2D eigenvalue weighted by atomic mass is 9.97. The molecule has 116 valence electrons. The van der Waals surface area contributed by atoms with E-state index >= 15 is 0 Å². The van der Waals surface area contributed by atoms with Gasteiger partial charge in [0.2, 0.25) is 5.91 Å². The number of carbonyl (C=O) groups excluding carboxylic acids is 1. The van der Waals surface area contributed by atoms with Gasteiger partial charge in [0.15, 0.2) is 0 Å². The zero-order valence-corrected chi connectivity index (χ0v) is 12.5. The first-order valence-corrected chi connectivity index (χ1v) is 7.62. The first kappa shape index (κ1) is 14.0. The zero-order valence-electron chi connectivity index (χ0n) is 12.5. The van der Waals surface area contributed by atoms with E-state index in [1.54, 1.807) is 4.90 Å². The standard InChI is InChI=1S/C18H16N2O3/c21-11-17(22)20-9-8-16-15(10-20)18(19-23-16)14-7-3-5-12-4-1-2-6-13(12)14/h1-7,21H,8-11H2. The molecule has 2 heterocycles. The lowest BCUT2D eigenvalue weighted by Crippen LogP contribution is -2.37. The molecule has 0 saturated heterocycles. The van der Waals surface area contributed by atoms with Crippen molar-refractivity contribution in [2.24, 2.45) is 0 Å². The minimum absolute atomic E-state index is 0.263. The van der Waals surface area contributed by atoms with E-state index < -0.39 is 6.61 Å². The Kier molecular flexibility index (Phi) is 3.35. The minimum atomic E-state index is -0.468. The van der Waals surface area contributed by atoms with Crippen LogP contribution < -0.4 is 0 Å². The smallest absolute Gasteiger partial charge is 0.248 e. The van der Waals surface area contributed by atoms with Crippen molar-refractivity contribution in [2.75, 3.05) is 13.2 Å². The topological polar surface area (TPSA) is 66.6 Å².